The fraction of sp³-hybridized carbons (Fsp3) is 0.500. The van der Waals surface area contributed by atoms with E-state index in [4.69, 9.17) is 0 Å². The Hall–Kier alpha value is -0.670. The van der Waals surface area contributed by atoms with E-state index in [1.54, 1.807) is 37.5 Å². The average molecular weight is 256 g/mol. The quantitative estimate of drug-likeness (QED) is 0.819. The van der Waals surface area contributed by atoms with E-state index in [2.05, 4.69) is 0 Å². The number of hydrogen-bond acceptors (Lipinski definition) is 2. The van der Waals surface area contributed by atoms with Crippen molar-refractivity contribution >= 4 is 7.44 Å². The third-order valence-corrected chi connectivity index (χ3v) is 6.17. The summed E-state index contributed by atoms with van der Waals surface area (Å²) in [5.41, 5.74) is 0.802. The van der Waals surface area contributed by atoms with Gasteiger partial charge in [-0.15, -0.1) is 0 Å². The highest BCUT2D eigenvalue weighted by molar-refractivity contribution is 7.59. The number of hydrogen-bond donors (Lipinski definition) is 1. The van der Waals surface area contributed by atoms with Crippen LogP contribution in [0, 0.1) is 0 Å². The SMILES string of the molecule is CN(C)P(=O)(C[C@H](O)c1ccccc1)N(C)C. The molecular formula is C12H21N2O2P. The standard InChI is InChI=1S/C12H21N2O2P/c1-13(2)17(16,14(3)4)10-12(15)11-8-6-5-7-9-11/h5-9,12,15H,10H2,1-4H3/t12-/m0/s1. The van der Waals surface area contributed by atoms with Crippen molar-refractivity contribution in [3.05, 3.63) is 35.9 Å². The average Bonchev–Trinajstić information content (AvgIpc) is 2.29. The van der Waals surface area contributed by atoms with Crippen LogP contribution in [0.2, 0.25) is 0 Å². The molecule has 1 N–H and O–H groups in total. The summed E-state index contributed by atoms with van der Waals surface area (Å²) in [5, 5.41) is 10.1. The lowest BCUT2D eigenvalue weighted by molar-refractivity contribution is 0.197. The molecule has 0 saturated heterocycles. The monoisotopic (exact) mass is 256 g/mol. The van der Waals surface area contributed by atoms with E-state index in [1.165, 1.54) is 0 Å². The van der Waals surface area contributed by atoms with Crippen molar-refractivity contribution in [1.82, 2.24) is 9.34 Å². The first kappa shape index (κ1) is 14.4. The molecule has 0 aliphatic rings. The first-order valence-corrected chi connectivity index (χ1v) is 7.35. The number of benzene rings is 1. The second-order valence-electron chi connectivity index (χ2n) is 4.47. The third kappa shape index (κ3) is 3.39. The number of aliphatic hydroxyl groups is 1. The van der Waals surface area contributed by atoms with Crippen molar-refractivity contribution in [2.75, 3.05) is 34.4 Å². The van der Waals surface area contributed by atoms with E-state index < -0.39 is 13.5 Å². The van der Waals surface area contributed by atoms with Crippen LogP contribution in [-0.4, -0.2) is 48.8 Å². The number of rotatable bonds is 5. The Bertz CT molecular complexity index is 381. The lowest BCUT2D eigenvalue weighted by atomic mass is 10.1. The molecule has 0 aliphatic heterocycles. The molecule has 1 atom stereocenters. The van der Waals surface area contributed by atoms with Crippen LogP contribution in [0.15, 0.2) is 30.3 Å². The normalized spacial score (nSPS) is 14.3. The second kappa shape index (κ2) is 5.78. The molecule has 96 valence electrons. The van der Waals surface area contributed by atoms with Gasteiger partial charge in [0, 0.05) is 0 Å². The number of nitrogens with zero attached hydrogens (tertiary/aromatic N) is 2. The van der Waals surface area contributed by atoms with Crippen molar-refractivity contribution in [2.45, 2.75) is 6.10 Å². The molecule has 0 radical (unpaired) electrons. The molecule has 5 heteroatoms. The molecule has 0 bridgehead atoms. The highest BCUT2D eigenvalue weighted by Crippen LogP contribution is 2.51. The largest absolute Gasteiger partial charge is 0.388 e. The summed E-state index contributed by atoms with van der Waals surface area (Å²) in [6.45, 7) is 0. The molecule has 17 heavy (non-hydrogen) atoms. The summed E-state index contributed by atoms with van der Waals surface area (Å²) < 4.78 is 16.1. The highest BCUT2D eigenvalue weighted by atomic mass is 31.2. The minimum Gasteiger partial charge on any atom is -0.388 e. The zero-order valence-corrected chi connectivity index (χ0v) is 11.8. The van der Waals surface area contributed by atoms with E-state index in [1.807, 2.05) is 30.3 Å². The Balaban J connectivity index is 2.86. The Morgan fingerprint density at radius 3 is 2.00 bits per heavy atom. The zero-order valence-electron chi connectivity index (χ0n) is 10.9. The molecule has 1 rings (SSSR count). The molecule has 0 aliphatic carbocycles. The molecule has 0 aromatic heterocycles. The van der Waals surface area contributed by atoms with Gasteiger partial charge in [0.05, 0.1) is 12.3 Å². The zero-order chi connectivity index (χ0) is 13.1. The van der Waals surface area contributed by atoms with E-state index in [9.17, 15) is 9.67 Å². The van der Waals surface area contributed by atoms with Gasteiger partial charge in [0.25, 0.3) is 0 Å². The van der Waals surface area contributed by atoms with Crippen LogP contribution < -0.4 is 0 Å². The summed E-state index contributed by atoms with van der Waals surface area (Å²) in [6, 6.07) is 9.33. The fourth-order valence-corrected chi connectivity index (χ4v) is 3.72. The lowest BCUT2D eigenvalue weighted by Crippen LogP contribution is -2.25. The van der Waals surface area contributed by atoms with Crippen LogP contribution in [0.3, 0.4) is 0 Å². The molecule has 0 fully saturated rings. The van der Waals surface area contributed by atoms with E-state index in [-0.39, 0.29) is 6.16 Å². The van der Waals surface area contributed by atoms with Gasteiger partial charge in [-0.1, -0.05) is 30.3 Å². The van der Waals surface area contributed by atoms with Gasteiger partial charge in [0.2, 0.25) is 7.44 Å². The summed E-state index contributed by atoms with van der Waals surface area (Å²) in [5.74, 6) is 0. The maximum Gasteiger partial charge on any atom is 0.218 e. The van der Waals surface area contributed by atoms with Gasteiger partial charge in [-0.2, -0.15) is 0 Å². The van der Waals surface area contributed by atoms with Gasteiger partial charge in [0.15, 0.2) is 0 Å². The third-order valence-electron chi connectivity index (χ3n) is 2.85. The van der Waals surface area contributed by atoms with Crippen molar-refractivity contribution in [3.63, 3.8) is 0 Å². The van der Waals surface area contributed by atoms with Gasteiger partial charge in [-0.25, -0.2) is 9.34 Å². The van der Waals surface area contributed by atoms with Gasteiger partial charge in [0.1, 0.15) is 0 Å². The first-order valence-electron chi connectivity index (χ1n) is 5.55. The van der Waals surface area contributed by atoms with E-state index in [0.29, 0.717) is 0 Å². The summed E-state index contributed by atoms with van der Waals surface area (Å²) in [7, 11) is 4.44. The van der Waals surface area contributed by atoms with Crippen LogP contribution in [0.4, 0.5) is 0 Å². The smallest absolute Gasteiger partial charge is 0.218 e. The Kier molecular flexibility index (Phi) is 4.90. The minimum absolute atomic E-state index is 0.233. The van der Waals surface area contributed by atoms with E-state index in [0.717, 1.165) is 5.56 Å². The molecule has 0 saturated carbocycles. The molecule has 0 spiro atoms. The van der Waals surface area contributed by atoms with Crippen LogP contribution in [-0.2, 0) is 4.57 Å². The predicted molar refractivity (Wildman–Crippen MR) is 71.2 cm³/mol. The summed E-state index contributed by atoms with van der Waals surface area (Å²) >= 11 is 0. The topological polar surface area (TPSA) is 43.8 Å². The van der Waals surface area contributed by atoms with Gasteiger partial charge in [-0.05, 0) is 33.8 Å². The Morgan fingerprint density at radius 2 is 1.59 bits per heavy atom. The predicted octanol–water partition coefficient (Wildman–Crippen LogP) is 2.04. The van der Waals surface area contributed by atoms with Crippen LogP contribution in [0.5, 0.6) is 0 Å². The van der Waals surface area contributed by atoms with Gasteiger partial charge in [-0.3, -0.25) is 4.57 Å². The van der Waals surface area contributed by atoms with Crippen LogP contribution >= 0.6 is 7.44 Å². The van der Waals surface area contributed by atoms with Gasteiger partial charge < -0.3 is 5.11 Å². The van der Waals surface area contributed by atoms with Crippen LogP contribution in [0.1, 0.15) is 11.7 Å². The first-order chi connectivity index (χ1) is 7.88. The maximum atomic E-state index is 12.7. The molecule has 1 aromatic carbocycles. The maximum absolute atomic E-state index is 12.7. The lowest BCUT2D eigenvalue weighted by Gasteiger charge is -2.32. The fourth-order valence-electron chi connectivity index (χ4n) is 1.69. The molecule has 1 aromatic rings. The number of aliphatic hydroxyl groups excluding tert-OH is 1. The van der Waals surface area contributed by atoms with Crippen LogP contribution in [0.25, 0.3) is 0 Å². The van der Waals surface area contributed by atoms with Crippen molar-refractivity contribution in [1.29, 1.82) is 0 Å². The van der Waals surface area contributed by atoms with Crippen molar-refractivity contribution in [3.8, 4) is 0 Å². The van der Waals surface area contributed by atoms with E-state index >= 15 is 0 Å². The summed E-state index contributed by atoms with van der Waals surface area (Å²) in [6.07, 6.45) is -0.469. The molecule has 0 amide bonds. The van der Waals surface area contributed by atoms with Crippen molar-refractivity contribution < 1.29 is 9.67 Å². The van der Waals surface area contributed by atoms with Gasteiger partial charge >= 0.3 is 0 Å². The highest BCUT2D eigenvalue weighted by Gasteiger charge is 2.31. The second-order valence-corrected chi connectivity index (χ2v) is 7.76. The molecule has 0 heterocycles. The minimum atomic E-state index is -2.67. The Morgan fingerprint density at radius 1 is 1.12 bits per heavy atom. The van der Waals surface area contributed by atoms with Crippen molar-refractivity contribution in [2.24, 2.45) is 0 Å². The molecule has 0 unspecified atom stereocenters. The molecule has 4 nitrogen and oxygen atoms in total. The summed E-state index contributed by atoms with van der Waals surface area (Å²) in [4.78, 5) is 0. The Labute approximate surface area is 103 Å². The molecular weight excluding hydrogens is 235 g/mol.